The van der Waals surface area contributed by atoms with Crippen LogP contribution in [0.25, 0.3) is 0 Å². The van der Waals surface area contributed by atoms with Crippen LogP contribution >= 0.6 is 0 Å². The minimum Gasteiger partial charge on any atom is -0.395 e. The van der Waals surface area contributed by atoms with E-state index in [2.05, 4.69) is 5.32 Å². The molecule has 0 aromatic heterocycles. The molecule has 1 heterocycles. The highest BCUT2D eigenvalue weighted by Gasteiger charge is 2.43. The number of nitrogens with zero attached hydrogens (tertiary/aromatic N) is 1. The van der Waals surface area contributed by atoms with E-state index in [-0.39, 0.29) is 30.7 Å². The minimum atomic E-state index is -3.57. The highest BCUT2D eigenvalue weighted by Crippen LogP contribution is 2.33. The molecular formula is C20H26N2O3S. The molecule has 0 spiro atoms. The summed E-state index contributed by atoms with van der Waals surface area (Å²) in [6, 6.07) is 18.3. The van der Waals surface area contributed by atoms with E-state index in [1.807, 2.05) is 50.2 Å². The summed E-state index contributed by atoms with van der Waals surface area (Å²) < 4.78 is 27.7. The van der Waals surface area contributed by atoms with Crippen LogP contribution in [0.4, 0.5) is 0 Å². The highest BCUT2D eigenvalue weighted by molar-refractivity contribution is 7.89. The number of rotatable bonds is 7. The van der Waals surface area contributed by atoms with Gasteiger partial charge in [0.2, 0.25) is 10.0 Å². The van der Waals surface area contributed by atoms with Gasteiger partial charge in [0.05, 0.1) is 11.5 Å². The maximum atomic E-state index is 13.1. The van der Waals surface area contributed by atoms with Crippen LogP contribution in [-0.2, 0) is 10.0 Å². The van der Waals surface area contributed by atoms with E-state index in [9.17, 15) is 13.5 Å². The fourth-order valence-electron chi connectivity index (χ4n) is 3.62. The average Bonchev–Trinajstić information content (AvgIpc) is 2.62. The lowest BCUT2D eigenvalue weighted by molar-refractivity contribution is 0.111. The van der Waals surface area contributed by atoms with Gasteiger partial charge in [0.25, 0.3) is 0 Å². The van der Waals surface area contributed by atoms with Crippen molar-refractivity contribution in [1.82, 2.24) is 9.62 Å². The van der Waals surface area contributed by atoms with E-state index in [1.165, 1.54) is 0 Å². The molecule has 3 atom stereocenters. The van der Waals surface area contributed by atoms with Crippen LogP contribution in [0.2, 0.25) is 0 Å². The zero-order chi connectivity index (χ0) is 18.7. The fraction of sp³-hybridized carbons (Fsp3) is 0.400. The Hall–Kier alpha value is -1.73. The summed E-state index contributed by atoms with van der Waals surface area (Å²) in [6.45, 7) is 4.18. The Morgan fingerprint density at radius 3 is 2.12 bits per heavy atom. The molecule has 140 valence electrons. The van der Waals surface area contributed by atoms with Gasteiger partial charge in [-0.05, 0) is 31.5 Å². The van der Waals surface area contributed by atoms with Crippen molar-refractivity contribution in [3.8, 4) is 0 Å². The minimum absolute atomic E-state index is 0.0309. The van der Waals surface area contributed by atoms with Crippen molar-refractivity contribution >= 4 is 10.0 Å². The van der Waals surface area contributed by atoms with Gasteiger partial charge in [0, 0.05) is 30.6 Å². The zero-order valence-electron chi connectivity index (χ0n) is 15.1. The lowest BCUT2D eigenvalue weighted by atomic mass is 9.77. The maximum Gasteiger partial charge on any atom is 0.243 e. The third-order valence-corrected chi connectivity index (χ3v) is 7.03. The van der Waals surface area contributed by atoms with Gasteiger partial charge in [-0.2, -0.15) is 4.31 Å². The Morgan fingerprint density at radius 2 is 1.58 bits per heavy atom. The second kappa shape index (κ2) is 7.88. The SMILES string of the molecule is CC(C)N(C[C@H]1N[C@H](CO)[C@H]1c1ccccc1)S(=O)(=O)c1ccccc1. The van der Waals surface area contributed by atoms with E-state index in [4.69, 9.17) is 0 Å². The normalized spacial score (nSPS) is 23.2. The van der Waals surface area contributed by atoms with Crippen molar-refractivity contribution in [1.29, 1.82) is 0 Å². The Balaban J connectivity index is 1.85. The molecule has 2 aromatic carbocycles. The molecule has 1 saturated heterocycles. The number of nitrogens with one attached hydrogen (secondary N) is 1. The molecule has 0 radical (unpaired) electrons. The Morgan fingerprint density at radius 1 is 1.00 bits per heavy atom. The smallest absolute Gasteiger partial charge is 0.243 e. The van der Waals surface area contributed by atoms with Gasteiger partial charge in [0.1, 0.15) is 0 Å². The van der Waals surface area contributed by atoms with E-state index in [1.54, 1.807) is 28.6 Å². The van der Waals surface area contributed by atoms with Crippen LogP contribution < -0.4 is 5.32 Å². The summed E-state index contributed by atoms with van der Waals surface area (Å²) in [6.07, 6.45) is 0. The van der Waals surface area contributed by atoms with Gasteiger partial charge < -0.3 is 10.4 Å². The largest absolute Gasteiger partial charge is 0.395 e. The first-order valence-corrected chi connectivity index (χ1v) is 10.4. The predicted molar refractivity (Wildman–Crippen MR) is 102 cm³/mol. The molecule has 5 nitrogen and oxygen atoms in total. The van der Waals surface area contributed by atoms with E-state index < -0.39 is 10.0 Å². The van der Waals surface area contributed by atoms with Gasteiger partial charge in [-0.25, -0.2) is 8.42 Å². The zero-order valence-corrected chi connectivity index (χ0v) is 15.9. The molecule has 0 amide bonds. The van der Waals surface area contributed by atoms with E-state index in [0.717, 1.165) is 5.56 Å². The molecule has 0 unspecified atom stereocenters. The molecule has 1 aliphatic heterocycles. The summed E-state index contributed by atoms with van der Waals surface area (Å²) in [5, 5.41) is 13.0. The standard InChI is InChI=1S/C20H26N2O3S/c1-15(2)22(26(24,25)17-11-7-4-8-12-17)13-18-20(19(14-23)21-18)16-9-5-3-6-10-16/h3-12,15,18-21,23H,13-14H2,1-2H3/t18-,19-,20+/m1/s1. The molecule has 2 aromatic rings. The first-order valence-electron chi connectivity index (χ1n) is 8.94. The molecule has 26 heavy (non-hydrogen) atoms. The second-order valence-corrected chi connectivity index (χ2v) is 8.87. The topological polar surface area (TPSA) is 69.6 Å². The lowest BCUT2D eigenvalue weighted by Crippen LogP contribution is -2.65. The van der Waals surface area contributed by atoms with Gasteiger partial charge in [-0.15, -0.1) is 0 Å². The van der Waals surface area contributed by atoms with Crippen molar-refractivity contribution in [3.05, 3.63) is 66.2 Å². The summed E-state index contributed by atoms with van der Waals surface area (Å²) in [4.78, 5) is 0.308. The third kappa shape index (κ3) is 3.69. The molecule has 3 rings (SSSR count). The first-order chi connectivity index (χ1) is 12.4. The van der Waals surface area contributed by atoms with Crippen molar-refractivity contribution < 1.29 is 13.5 Å². The molecule has 1 aliphatic rings. The molecule has 0 saturated carbocycles. The van der Waals surface area contributed by atoms with Crippen LogP contribution in [0.15, 0.2) is 65.6 Å². The summed E-state index contributed by atoms with van der Waals surface area (Å²) >= 11 is 0. The number of benzene rings is 2. The number of hydrogen-bond donors (Lipinski definition) is 2. The fourth-order valence-corrected chi connectivity index (χ4v) is 5.31. The summed E-state index contributed by atoms with van der Waals surface area (Å²) in [5.41, 5.74) is 1.12. The summed E-state index contributed by atoms with van der Waals surface area (Å²) in [5.74, 6) is 0.0911. The quantitative estimate of drug-likeness (QED) is 0.780. The van der Waals surface area contributed by atoms with Crippen LogP contribution in [-0.4, -0.2) is 49.1 Å². The monoisotopic (exact) mass is 374 g/mol. The number of aliphatic hydroxyl groups is 1. The number of hydrogen-bond acceptors (Lipinski definition) is 4. The number of sulfonamides is 1. The molecule has 0 bridgehead atoms. The van der Waals surface area contributed by atoms with Gasteiger partial charge in [0.15, 0.2) is 0 Å². The molecule has 0 aliphatic carbocycles. The van der Waals surface area contributed by atoms with Crippen LogP contribution in [0.3, 0.4) is 0 Å². The van der Waals surface area contributed by atoms with E-state index >= 15 is 0 Å². The van der Waals surface area contributed by atoms with Gasteiger partial charge in [-0.3, -0.25) is 0 Å². The first kappa shape index (κ1) is 19.0. The van der Waals surface area contributed by atoms with Crippen molar-refractivity contribution in [3.63, 3.8) is 0 Å². The van der Waals surface area contributed by atoms with Crippen molar-refractivity contribution in [2.45, 2.75) is 42.8 Å². The van der Waals surface area contributed by atoms with E-state index in [0.29, 0.717) is 11.4 Å². The van der Waals surface area contributed by atoms with Crippen LogP contribution in [0.5, 0.6) is 0 Å². The average molecular weight is 375 g/mol. The van der Waals surface area contributed by atoms with Crippen LogP contribution in [0, 0.1) is 0 Å². The Kier molecular flexibility index (Phi) is 5.77. The van der Waals surface area contributed by atoms with Crippen LogP contribution in [0.1, 0.15) is 25.3 Å². The Bertz CT molecular complexity index is 809. The van der Waals surface area contributed by atoms with Crippen molar-refractivity contribution in [2.24, 2.45) is 0 Å². The lowest BCUT2D eigenvalue weighted by Gasteiger charge is -2.48. The molecule has 2 N–H and O–H groups in total. The number of aliphatic hydroxyl groups excluding tert-OH is 1. The van der Waals surface area contributed by atoms with Gasteiger partial charge >= 0.3 is 0 Å². The maximum absolute atomic E-state index is 13.1. The second-order valence-electron chi connectivity index (χ2n) is 6.98. The molecular weight excluding hydrogens is 348 g/mol. The van der Waals surface area contributed by atoms with Gasteiger partial charge in [-0.1, -0.05) is 48.5 Å². The molecule has 1 fully saturated rings. The summed E-state index contributed by atoms with van der Waals surface area (Å²) in [7, 11) is -3.57. The highest BCUT2D eigenvalue weighted by atomic mass is 32.2. The molecule has 6 heteroatoms. The predicted octanol–water partition coefficient (Wildman–Crippen LogP) is 2.20. The van der Waals surface area contributed by atoms with Crippen molar-refractivity contribution in [2.75, 3.05) is 13.2 Å². The third-order valence-electron chi connectivity index (χ3n) is 4.98. The Labute approximate surface area is 155 Å².